The number of anilines is 1. The van der Waals surface area contributed by atoms with E-state index in [-0.39, 0.29) is 11.9 Å². The van der Waals surface area contributed by atoms with Crippen molar-refractivity contribution in [3.05, 3.63) is 35.1 Å². The lowest BCUT2D eigenvalue weighted by Crippen LogP contribution is -2.45. The molecule has 3 heterocycles. The predicted octanol–water partition coefficient (Wildman–Crippen LogP) is 4.98. The van der Waals surface area contributed by atoms with Crippen LogP contribution in [0.15, 0.2) is 24.3 Å². The summed E-state index contributed by atoms with van der Waals surface area (Å²) in [6, 6.07) is 7.70. The third-order valence-electron chi connectivity index (χ3n) is 7.25. The van der Waals surface area contributed by atoms with E-state index >= 15 is 0 Å². The lowest BCUT2D eigenvalue weighted by atomic mass is 9.83. The number of benzene rings is 1. The number of imidazole rings is 1. The molecule has 9 heteroatoms. The van der Waals surface area contributed by atoms with Crippen LogP contribution in [0.25, 0.3) is 22.4 Å². The Labute approximate surface area is 210 Å². The van der Waals surface area contributed by atoms with Gasteiger partial charge in [-0.15, -0.1) is 0 Å². The molecule has 1 aliphatic carbocycles. The van der Waals surface area contributed by atoms with Gasteiger partial charge in [-0.1, -0.05) is 43.5 Å². The zero-order chi connectivity index (χ0) is 24.5. The summed E-state index contributed by atoms with van der Waals surface area (Å²) in [4.78, 5) is 29.0. The molecule has 1 aliphatic heterocycles. The molecule has 0 amide bonds. The Balaban J connectivity index is 1.72. The maximum absolute atomic E-state index is 12.5. The van der Waals surface area contributed by atoms with Crippen LogP contribution in [0.3, 0.4) is 0 Å². The average molecular weight is 498 g/mol. The fourth-order valence-corrected chi connectivity index (χ4v) is 5.42. The van der Waals surface area contributed by atoms with Gasteiger partial charge in [0.1, 0.15) is 11.2 Å². The van der Waals surface area contributed by atoms with E-state index in [4.69, 9.17) is 26.1 Å². The van der Waals surface area contributed by atoms with Gasteiger partial charge in [-0.2, -0.15) is 4.98 Å². The number of carbonyl (C=O) groups excluding carboxylic acids is 1. The molecular formula is C26H32ClN5O3. The molecule has 2 aliphatic rings. The van der Waals surface area contributed by atoms with Crippen LogP contribution in [0.4, 0.5) is 5.95 Å². The molecule has 8 nitrogen and oxygen atoms in total. The molecule has 0 spiro atoms. The number of aromatic nitrogens is 4. The van der Waals surface area contributed by atoms with Crippen LogP contribution in [0.5, 0.6) is 0 Å². The van der Waals surface area contributed by atoms with Crippen molar-refractivity contribution in [1.82, 2.24) is 19.5 Å². The summed E-state index contributed by atoms with van der Waals surface area (Å²) in [5.41, 5.74) is 2.78. The topological polar surface area (TPSA) is 82.4 Å². The number of methoxy groups -OCH3 is 1. The predicted molar refractivity (Wildman–Crippen MR) is 136 cm³/mol. The van der Waals surface area contributed by atoms with Crippen LogP contribution >= 0.6 is 11.6 Å². The molecule has 1 saturated heterocycles. The Morgan fingerprint density at radius 1 is 1.17 bits per heavy atom. The van der Waals surface area contributed by atoms with Gasteiger partial charge in [0.25, 0.3) is 0 Å². The van der Waals surface area contributed by atoms with E-state index in [1.165, 1.54) is 32.8 Å². The smallest absolute Gasteiger partial charge is 0.376 e. The van der Waals surface area contributed by atoms with Gasteiger partial charge in [0.15, 0.2) is 5.65 Å². The summed E-state index contributed by atoms with van der Waals surface area (Å²) in [6.07, 6.45) is 4.86. The van der Waals surface area contributed by atoms with Gasteiger partial charge in [0.2, 0.25) is 11.8 Å². The summed E-state index contributed by atoms with van der Waals surface area (Å²) < 4.78 is 12.9. The van der Waals surface area contributed by atoms with Gasteiger partial charge in [-0.25, -0.2) is 14.8 Å². The zero-order valence-corrected chi connectivity index (χ0v) is 21.3. The highest BCUT2D eigenvalue weighted by molar-refractivity contribution is 6.30. The minimum absolute atomic E-state index is 0.00677. The first-order valence-corrected chi connectivity index (χ1v) is 12.8. The van der Waals surface area contributed by atoms with E-state index in [0.29, 0.717) is 35.5 Å². The Kier molecular flexibility index (Phi) is 6.93. The van der Waals surface area contributed by atoms with Crippen molar-refractivity contribution in [2.45, 2.75) is 52.1 Å². The van der Waals surface area contributed by atoms with Crippen molar-refractivity contribution in [3.8, 4) is 11.3 Å². The van der Waals surface area contributed by atoms with Crippen molar-refractivity contribution >= 4 is 34.7 Å². The van der Waals surface area contributed by atoms with E-state index < -0.39 is 5.97 Å². The van der Waals surface area contributed by atoms with Crippen molar-refractivity contribution in [2.75, 3.05) is 31.8 Å². The Morgan fingerprint density at radius 2 is 1.97 bits per heavy atom. The molecule has 1 saturated carbocycles. The fourth-order valence-electron chi connectivity index (χ4n) is 5.23. The molecule has 35 heavy (non-hydrogen) atoms. The van der Waals surface area contributed by atoms with E-state index in [0.717, 1.165) is 36.0 Å². The fraction of sp³-hybridized carbons (Fsp3) is 0.538. The summed E-state index contributed by atoms with van der Waals surface area (Å²) in [5, 5.41) is 0.600. The molecule has 0 unspecified atom stereocenters. The van der Waals surface area contributed by atoms with Gasteiger partial charge < -0.3 is 18.9 Å². The highest BCUT2D eigenvalue weighted by Gasteiger charge is 2.30. The maximum atomic E-state index is 12.5. The Morgan fingerprint density at radius 3 is 2.69 bits per heavy atom. The van der Waals surface area contributed by atoms with Crippen molar-refractivity contribution < 1.29 is 14.3 Å². The van der Waals surface area contributed by atoms with Gasteiger partial charge in [-0.3, -0.25) is 0 Å². The Hall–Kier alpha value is -2.71. The van der Waals surface area contributed by atoms with Crippen LogP contribution in [0, 0.1) is 11.8 Å². The number of morpholine rings is 1. The van der Waals surface area contributed by atoms with Gasteiger partial charge >= 0.3 is 5.97 Å². The molecule has 5 rings (SSSR count). The molecule has 3 aromatic rings. The molecular weight excluding hydrogens is 466 g/mol. The summed E-state index contributed by atoms with van der Waals surface area (Å²) >= 11 is 6.35. The third kappa shape index (κ3) is 4.86. The molecule has 0 radical (unpaired) electrons. The number of nitrogens with zero attached hydrogens (tertiary/aromatic N) is 5. The number of esters is 1. The SMILES string of the molecule is COC(=O)c1nc(-c2cccc(Cl)c2)c2c(n1)nc(N1CCOC[C@H]1C)n2CC1CCC(C)CC1. The third-order valence-corrected chi connectivity index (χ3v) is 7.48. The summed E-state index contributed by atoms with van der Waals surface area (Å²) in [5.74, 6) is 1.58. The molecule has 186 valence electrons. The molecule has 2 fully saturated rings. The summed E-state index contributed by atoms with van der Waals surface area (Å²) in [6.45, 7) is 7.35. The van der Waals surface area contributed by atoms with Crippen LogP contribution in [0.1, 0.15) is 50.1 Å². The van der Waals surface area contributed by atoms with Gasteiger partial charge in [0, 0.05) is 23.7 Å². The monoisotopic (exact) mass is 497 g/mol. The molecule has 1 atom stereocenters. The Bertz CT molecular complexity index is 1220. The average Bonchev–Trinajstić information content (AvgIpc) is 3.22. The zero-order valence-electron chi connectivity index (χ0n) is 20.5. The molecule has 2 aromatic heterocycles. The molecule has 0 N–H and O–H groups in total. The standard InChI is InChI=1S/C26H32ClN5O3/c1-16-7-9-18(10-8-16)14-32-22-21(19-5-4-6-20(27)13-19)28-24(25(33)34-3)29-23(22)30-26(32)31-11-12-35-15-17(31)2/h4-6,13,16-18H,7-12,14-15H2,1-3H3/t16?,17-,18?/m1/s1. The highest BCUT2D eigenvalue weighted by Crippen LogP contribution is 2.36. The second-order valence-electron chi connectivity index (χ2n) is 9.84. The second-order valence-corrected chi connectivity index (χ2v) is 10.3. The largest absolute Gasteiger partial charge is 0.463 e. The van der Waals surface area contributed by atoms with E-state index in [1.807, 2.05) is 24.3 Å². The highest BCUT2D eigenvalue weighted by atomic mass is 35.5. The second kappa shape index (κ2) is 10.1. The molecule has 1 aromatic carbocycles. The van der Waals surface area contributed by atoms with Crippen molar-refractivity contribution in [2.24, 2.45) is 11.8 Å². The van der Waals surface area contributed by atoms with E-state index in [9.17, 15) is 4.79 Å². The van der Waals surface area contributed by atoms with Crippen LogP contribution in [0.2, 0.25) is 5.02 Å². The minimum Gasteiger partial charge on any atom is -0.463 e. The van der Waals surface area contributed by atoms with Gasteiger partial charge in [0.05, 0.1) is 26.4 Å². The first kappa shape index (κ1) is 24.0. The quantitative estimate of drug-likeness (QED) is 0.459. The van der Waals surface area contributed by atoms with Crippen LogP contribution in [-0.4, -0.2) is 58.4 Å². The first-order valence-electron chi connectivity index (χ1n) is 12.4. The van der Waals surface area contributed by atoms with Crippen molar-refractivity contribution in [3.63, 3.8) is 0 Å². The summed E-state index contributed by atoms with van der Waals surface area (Å²) in [7, 11) is 1.33. The first-order chi connectivity index (χ1) is 16.9. The van der Waals surface area contributed by atoms with Crippen LogP contribution < -0.4 is 4.90 Å². The lowest BCUT2D eigenvalue weighted by Gasteiger charge is -2.35. The number of hydrogen-bond donors (Lipinski definition) is 0. The van der Waals surface area contributed by atoms with Gasteiger partial charge in [-0.05, 0) is 43.7 Å². The molecule has 0 bridgehead atoms. The van der Waals surface area contributed by atoms with E-state index in [1.54, 1.807) is 0 Å². The van der Waals surface area contributed by atoms with Crippen LogP contribution in [-0.2, 0) is 16.0 Å². The number of rotatable bonds is 5. The number of fused-ring (bicyclic) bond motifs is 1. The number of carbonyl (C=O) groups is 1. The number of ether oxygens (including phenoxy) is 2. The van der Waals surface area contributed by atoms with Crippen molar-refractivity contribution in [1.29, 1.82) is 0 Å². The number of hydrogen-bond acceptors (Lipinski definition) is 7. The lowest BCUT2D eigenvalue weighted by molar-refractivity contribution is 0.0587. The van der Waals surface area contributed by atoms with E-state index in [2.05, 4.69) is 33.3 Å². The number of halogens is 1. The maximum Gasteiger partial charge on any atom is 0.376 e. The normalized spacial score (nSPS) is 23.0. The minimum atomic E-state index is -0.590.